The number of fused-ring (bicyclic) bond motifs is 1. The number of carboxylic acid groups (broad SMARTS) is 1. The van der Waals surface area contributed by atoms with E-state index < -0.39 is 33.9 Å². The van der Waals surface area contributed by atoms with E-state index in [0.29, 0.717) is 11.4 Å². The smallest absolute Gasteiger partial charge is 0.543 e. The molecule has 14 nitrogen and oxygen atoms in total. The Morgan fingerprint density at radius 2 is 1.94 bits per heavy atom. The number of nitrogens with zero attached hydrogens (tertiary/aromatic N) is 4. The number of ether oxygens (including phenoxy) is 2. The third-order valence-electron chi connectivity index (χ3n) is 4.78. The van der Waals surface area contributed by atoms with Gasteiger partial charge in [0, 0.05) is 18.0 Å². The van der Waals surface area contributed by atoms with Crippen LogP contribution in [0.2, 0.25) is 0 Å². The minimum atomic E-state index is -1.79. The molecular weight excluding hydrogens is 487 g/mol. The molecule has 0 aliphatic heterocycles. The number of methoxy groups -OCH3 is 1. The number of nitro benzene ring substituents is 1. The first kappa shape index (κ1) is 26.3. The Hall–Kier alpha value is -4.27. The molecule has 0 aliphatic rings. The van der Waals surface area contributed by atoms with Crippen LogP contribution in [-0.4, -0.2) is 43.6 Å². The van der Waals surface area contributed by atoms with Gasteiger partial charge >= 0.3 is 35.7 Å². The van der Waals surface area contributed by atoms with Gasteiger partial charge < -0.3 is 24.4 Å². The Kier molecular flexibility index (Phi) is 8.03. The maximum atomic E-state index is 12.0. The summed E-state index contributed by atoms with van der Waals surface area (Å²) < 4.78 is 11.4. The summed E-state index contributed by atoms with van der Waals surface area (Å²) in [5, 5.41) is 25.2. The van der Waals surface area contributed by atoms with Crippen LogP contribution in [0.15, 0.2) is 53.7 Å². The van der Waals surface area contributed by atoms with Crippen molar-refractivity contribution in [3.63, 3.8) is 0 Å². The molecule has 0 atom stereocenters. The van der Waals surface area contributed by atoms with Gasteiger partial charge in [-0.15, -0.1) is 0 Å². The summed E-state index contributed by atoms with van der Waals surface area (Å²) in [6, 6.07) is 8.85. The van der Waals surface area contributed by atoms with Gasteiger partial charge in [-0.05, 0) is 30.3 Å². The van der Waals surface area contributed by atoms with E-state index in [-0.39, 0.29) is 58.6 Å². The topological polar surface area (TPSA) is 194 Å². The fourth-order valence-corrected chi connectivity index (χ4v) is 3.14. The van der Waals surface area contributed by atoms with Gasteiger partial charge in [-0.3, -0.25) is 24.8 Å². The summed E-state index contributed by atoms with van der Waals surface area (Å²) in [4.78, 5) is 55.9. The summed E-state index contributed by atoms with van der Waals surface area (Å²) in [6.07, 6.45) is 1.89. The molecule has 0 bridgehead atoms. The number of aromatic nitrogens is 4. The van der Waals surface area contributed by atoms with Crippen LogP contribution in [0.25, 0.3) is 16.7 Å². The standard InChI is InChI=1S/C21H16N6O8.Na/c1-34-13-4-2-11(3-5-13)23-21(31)35-9-12-8-26(10-22-12)16-6-14-15(7-17(16)27(32)33)25-19(28)18(24-14)20(29)30;/h2-8,10H,9H2,1H3,(H,23,31)(H,25,28)(H,29,30);/q;+1/p-1. The van der Waals surface area contributed by atoms with Crippen LogP contribution in [0, 0.1) is 10.1 Å². The molecule has 1 amide bonds. The number of aromatic amines is 1. The third kappa shape index (κ3) is 5.68. The predicted molar refractivity (Wildman–Crippen MR) is 117 cm³/mol. The summed E-state index contributed by atoms with van der Waals surface area (Å²) in [7, 11) is 1.52. The second-order valence-corrected chi connectivity index (χ2v) is 7.02. The average Bonchev–Trinajstić information content (AvgIpc) is 3.31. The summed E-state index contributed by atoms with van der Waals surface area (Å²) in [5.74, 6) is -1.17. The Morgan fingerprint density at radius 3 is 2.58 bits per heavy atom. The minimum absolute atomic E-state index is 0. The van der Waals surface area contributed by atoms with E-state index in [1.807, 2.05) is 0 Å². The summed E-state index contributed by atoms with van der Waals surface area (Å²) >= 11 is 0. The van der Waals surface area contributed by atoms with E-state index in [0.717, 1.165) is 6.07 Å². The van der Waals surface area contributed by atoms with Crippen molar-refractivity contribution in [3.8, 4) is 11.4 Å². The number of hydrogen-bond donors (Lipinski definition) is 2. The van der Waals surface area contributed by atoms with Crippen LogP contribution in [0.1, 0.15) is 16.2 Å². The van der Waals surface area contributed by atoms with E-state index in [2.05, 4.69) is 20.3 Å². The number of nitro groups is 1. The zero-order valence-corrected chi connectivity index (χ0v) is 20.9. The number of carbonyl (C=O) groups is 2. The normalized spacial score (nSPS) is 10.4. The van der Waals surface area contributed by atoms with Gasteiger partial charge in [-0.1, -0.05) is 0 Å². The molecule has 0 unspecified atom stereocenters. The SMILES string of the molecule is COc1ccc(NC(=O)OCc2cn(-c3cc4nc(C(=O)[O-])c(=O)[nH]c4cc3[N+](=O)[O-])cn2)cc1.[Na+]. The molecule has 0 saturated carbocycles. The molecule has 2 heterocycles. The van der Waals surface area contributed by atoms with Crippen molar-refractivity contribution >= 4 is 34.5 Å². The van der Waals surface area contributed by atoms with Crippen molar-refractivity contribution in [2.24, 2.45) is 0 Å². The maximum absolute atomic E-state index is 12.0. The van der Waals surface area contributed by atoms with Gasteiger partial charge in [-0.25, -0.2) is 14.8 Å². The van der Waals surface area contributed by atoms with Crippen LogP contribution in [0.3, 0.4) is 0 Å². The van der Waals surface area contributed by atoms with Crippen molar-refractivity contribution in [2.75, 3.05) is 12.4 Å². The summed E-state index contributed by atoms with van der Waals surface area (Å²) in [6.45, 7) is -0.239. The first-order chi connectivity index (χ1) is 16.7. The van der Waals surface area contributed by atoms with Crippen LogP contribution < -0.4 is 50.3 Å². The fraction of sp³-hybridized carbons (Fsp3) is 0.0952. The van der Waals surface area contributed by atoms with Crippen LogP contribution in [0.5, 0.6) is 5.75 Å². The van der Waals surface area contributed by atoms with E-state index in [4.69, 9.17) is 9.47 Å². The number of amides is 1. The van der Waals surface area contributed by atoms with Crippen molar-refractivity contribution in [1.29, 1.82) is 0 Å². The first-order valence-corrected chi connectivity index (χ1v) is 9.80. The number of rotatable bonds is 7. The Balaban J connectivity index is 0.00000361. The van der Waals surface area contributed by atoms with E-state index in [1.54, 1.807) is 24.3 Å². The molecule has 2 aromatic heterocycles. The number of H-pyrrole nitrogens is 1. The Labute approximate surface area is 223 Å². The molecular formula is C21H15N6NaO8. The Morgan fingerprint density at radius 1 is 1.22 bits per heavy atom. The number of hydrogen-bond acceptors (Lipinski definition) is 10. The van der Waals surface area contributed by atoms with Gasteiger partial charge in [-0.2, -0.15) is 0 Å². The average molecular weight is 502 g/mol. The number of nitrogens with one attached hydrogen (secondary N) is 2. The van der Waals surface area contributed by atoms with E-state index in [1.165, 1.54) is 30.3 Å². The molecule has 0 spiro atoms. The largest absolute Gasteiger partial charge is 1.00 e. The molecule has 4 rings (SSSR count). The maximum Gasteiger partial charge on any atom is 1.00 e. The van der Waals surface area contributed by atoms with E-state index >= 15 is 0 Å². The van der Waals surface area contributed by atoms with Gasteiger partial charge in [0.25, 0.3) is 11.2 Å². The third-order valence-corrected chi connectivity index (χ3v) is 4.78. The fourth-order valence-electron chi connectivity index (χ4n) is 3.14. The number of benzene rings is 2. The second kappa shape index (κ2) is 11.0. The molecule has 0 aliphatic carbocycles. The molecule has 15 heteroatoms. The second-order valence-electron chi connectivity index (χ2n) is 7.02. The van der Waals surface area contributed by atoms with Crippen molar-refractivity contribution in [1.82, 2.24) is 19.5 Å². The molecule has 0 fully saturated rings. The molecule has 2 N–H and O–H groups in total. The minimum Gasteiger partial charge on any atom is -0.543 e. The molecule has 4 aromatic rings. The molecule has 36 heavy (non-hydrogen) atoms. The van der Waals surface area contributed by atoms with Gasteiger partial charge in [0.05, 0.1) is 41.1 Å². The summed E-state index contributed by atoms with van der Waals surface area (Å²) in [5.41, 5.74) is -1.62. The van der Waals surface area contributed by atoms with Crippen molar-refractivity contribution < 1.29 is 58.6 Å². The van der Waals surface area contributed by atoms with Gasteiger partial charge in [0.15, 0.2) is 5.69 Å². The van der Waals surface area contributed by atoms with E-state index in [9.17, 15) is 29.6 Å². The number of imidazole rings is 1. The predicted octanol–water partition coefficient (Wildman–Crippen LogP) is -1.86. The number of carboxylic acids is 1. The zero-order chi connectivity index (χ0) is 25.1. The number of carbonyl (C=O) groups excluding carboxylic acids is 2. The molecule has 178 valence electrons. The molecule has 2 aromatic carbocycles. The molecule has 0 saturated heterocycles. The van der Waals surface area contributed by atoms with Crippen molar-refractivity contribution in [3.05, 3.63) is 80.8 Å². The van der Waals surface area contributed by atoms with Crippen LogP contribution in [-0.2, 0) is 11.3 Å². The zero-order valence-electron chi connectivity index (χ0n) is 18.9. The van der Waals surface area contributed by atoms with Crippen LogP contribution in [0.4, 0.5) is 16.2 Å². The van der Waals surface area contributed by atoms with Gasteiger partial charge in [0.2, 0.25) is 0 Å². The quantitative estimate of drug-likeness (QED) is 0.164. The first-order valence-electron chi connectivity index (χ1n) is 9.80. The number of aromatic carboxylic acids is 1. The van der Waals surface area contributed by atoms with Gasteiger partial charge in [0.1, 0.15) is 18.0 Å². The van der Waals surface area contributed by atoms with Crippen molar-refractivity contribution in [2.45, 2.75) is 6.61 Å². The Bertz CT molecular complexity index is 1520. The molecule has 0 radical (unpaired) electrons. The number of anilines is 1. The van der Waals surface area contributed by atoms with Crippen LogP contribution >= 0.6 is 0 Å². The monoisotopic (exact) mass is 502 g/mol.